The molecule has 1 saturated heterocycles. The van der Waals surface area contributed by atoms with Crippen LogP contribution in [0.4, 0.5) is 0 Å². The third-order valence-electron chi connectivity index (χ3n) is 6.83. The fourth-order valence-corrected chi connectivity index (χ4v) is 5.22. The Morgan fingerprint density at radius 3 is 2.74 bits per heavy atom. The maximum absolute atomic E-state index is 13.0. The summed E-state index contributed by atoms with van der Waals surface area (Å²) in [4.78, 5) is 37.6. The van der Waals surface area contributed by atoms with Crippen molar-refractivity contribution in [2.24, 2.45) is 17.8 Å². The molecular weight excluding hydrogens is 392 g/mol. The summed E-state index contributed by atoms with van der Waals surface area (Å²) in [5.41, 5.74) is 1.05. The van der Waals surface area contributed by atoms with Crippen molar-refractivity contribution in [1.82, 2.24) is 10.6 Å². The van der Waals surface area contributed by atoms with E-state index in [2.05, 4.69) is 10.6 Å². The minimum absolute atomic E-state index is 0.0522. The first-order chi connectivity index (χ1) is 15.1. The number of carbonyl (C=O) groups is 3. The van der Waals surface area contributed by atoms with E-state index in [1.165, 1.54) is 7.11 Å². The zero-order valence-electron chi connectivity index (χ0n) is 17.9. The molecule has 0 spiro atoms. The Labute approximate surface area is 182 Å². The van der Waals surface area contributed by atoms with Gasteiger partial charge in [0.15, 0.2) is 0 Å². The molecular formula is C25H30N2O4. The fourth-order valence-electron chi connectivity index (χ4n) is 5.22. The van der Waals surface area contributed by atoms with Crippen molar-refractivity contribution in [3.05, 3.63) is 48.0 Å². The van der Waals surface area contributed by atoms with Crippen molar-refractivity contribution in [2.75, 3.05) is 13.7 Å². The van der Waals surface area contributed by atoms with E-state index in [1.54, 1.807) is 0 Å². The third kappa shape index (κ3) is 4.73. The van der Waals surface area contributed by atoms with Crippen molar-refractivity contribution < 1.29 is 19.1 Å². The normalized spacial score (nSPS) is 24.0. The maximum atomic E-state index is 13.0. The lowest BCUT2D eigenvalue weighted by molar-refractivity contribution is -0.145. The topological polar surface area (TPSA) is 84.5 Å². The number of nitrogens with one attached hydrogen (secondary N) is 2. The van der Waals surface area contributed by atoms with Crippen LogP contribution in [0.2, 0.25) is 0 Å². The summed E-state index contributed by atoms with van der Waals surface area (Å²) in [5.74, 6) is -1.15. The molecule has 2 aromatic carbocycles. The van der Waals surface area contributed by atoms with Gasteiger partial charge in [-0.15, -0.1) is 0 Å². The Balaban J connectivity index is 1.46. The SMILES string of the molecule is COC(=O)C(CNC(=O)C1CC(=O)NC2CCCCC21)Cc1cccc2ccccc12. The van der Waals surface area contributed by atoms with E-state index in [9.17, 15) is 14.4 Å². The molecule has 1 aliphatic carbocycles. The van der Waals surface area contributed by atoms with E-state index in [0.29, 0.717) is 6.42 Å². The number of hydrogen-bond acceptors (Lipinski definition) is 4. The van der Waals surface area contributed by atoms with Gasteiger partial charge in [0.1, 0.15) is 0 Å². The van der Waals surface area contributed by atoms with Gasteiger partial charge in [-0.05, 0) is 41.5 Å². The average molecular weight is 423 g/mol. The molecule has 0 bridgehead atoms. The van der Waals surface area contributed by atoms with Crippen LogP contribution >= 0.6 is 0 Å². The Hall–Kier alpha value is -2.89. The minimum Gasteiger partial charge on any atom is -0.469 e. The summed E-state index contributed by atoms with van der Waals surface area (Å²) in [6, 6.07) is 14.2. The molecule has 6 heteroatoms. The highest BCUT2D eigenvalue weighted by molar-refractivity contribution is 5.88. The van der Waals surface area contributed by atoms with Crippen LogP contribution in [-0.4, -0.2) is 37.5 Å². The van der Waals surface area contributed by atoms with E-state index in [1.807, 2.05) is 42.5 Å². The summed E-state index contributed by atoms with van der Waals surface area (Å²) in [6.07, 6.45) is 4.77. The maximum Gasteiger partial charge on any atom is 0.310 e. The van der Waals surface area contributed by atoms with Crippen LogP contribution in [0.25, 0.3) is 10.8 Å². The minimum atomic E-state index is -0.487. The molecule has 0 radical (unpaired) electrons. The summed E-state index contributed by atoms with van der Waals surface area (Å²) in [5, 5.41) is 8.23. The van der Waals surface area contributed by atoms with Crippen molar-refractivity contribution in [3.63, 3.8) is 0 Å². The fraction of sp³-hybridized carbons (Fsp3) is 0.480. The van der Waals surface area contributed by atoms with E-state index in [4.69, 9.17) is 4.74 Å². The zero-order chi connectivity index (χ0) is 21.8. The van der Waals surface area contributed by atoms with Crippen LogP contribution in [0.15, 0.2) is 42.5 Å². The van der Waals surface area contributed by atoms with Crippen LogP contribution in [0.5, 0.6) is 0 Å². The third-order valence-corrected chi connectivity index (χ3v) is 6.83. The number of hydrogen-bond donors (Lipinski definition) is 2. The van der Waals surface area contributed by atoms with Gasteiger partial charge in [-0.3, -0.25) is 14.4 Å². The van der Waals surface area contributed by atoms with Crippen LogP contribution in [-0.2, 0) is 25.5 Å². The molecule has 4 unspecified atom stereocenters. The van der Waals surface area contributed by atoms with E-state index < -0.39 is 5.92 Å². The molecule has 2 aliphatic rings. The smallest absolute Gasteiger partial charge is 0.310 e. The van der Waals surface area contributed by atoms with Gasteiger partial charge in [-0.2, -0.15) is 0 Å². The van der Waals surface area contributed by atoms with Crippen molar-refractivity contribution in [3.8, 4) is 0 Å². The lowest BCUT2D eigenvalue weighted by Crippen LogP contribution is -2.54. The summed E-state index contributed by atoms with van der Waals surface area (Å²) in [6.45, 7) is 0.199. The second kappa shape index (κ2) is 9.50. The first kappa shape index (κ1) is 21.3. The first-order valence-corrected chi connectivity index (χ1v) is 11.2. The van der Waals surface area contributed by atoms with Crippen LogP contribution in [0.3, 0.4) is 0 Å². The molecule has 6 nitrogen and oxygen atoms in total. The average Bonchev–Trinajstić information content (AvgIpc) is 2.80. The largest absolute Gasteiger partial charge is 0.469 e. The van der Waals surface area contributed by atoms with Crippen LogP contribution < -0.4 is 10.6 Å². The Bertz CT molecular complexity index is 968. The van der Waals surface area contributed by atoms with Crippen molar-refractivity contribution in [1.29, 1.82) is 0 Å². The lowest BCUT2D eigenvalue weighted by atomic mass is 9.72. The van der Waals surface area contributed by atoms with Gasteiger partial charge in [0.2, 0.25) is 11.8 Å². The van der Waals surface area contributed by atoms with Gasteiger partial charge < -0.3 is 15.4 Å². The molecule has 0 aromatic heterocycles. The number of rotatable bonds is 6. The van der Waals surface area contributed by atoms with Crippen molar-refractivity contribution >= 4 is 28.6 Å². The number of piperidine rings is 1. The van der Waals surface area contributed by atoms with Gasteiger partial charge >= 0.3 is 5.97 Å². The molecule has 2 fully saturated rings. The highest BCUT2D eigenvalue weighted by Gasteiger charge is 2.41. The van der Waals surface area contributed by atoms with E-state index in [0.717, 1.165) is 42.0 Å². The van der Waals surface area contributed by atoms with Crippen LogP contribution in [0, 0.1) is 17.8 Å². The number of benzene rings is 2. The van der Waals surface area contributed by atoms with Gasteiger partial charge in [0.05, 0.1) is 18.9 Å². The Morgan fingerprint density at radius 1 is 1.13 bits per heavy atom. The number of ether oxygens (including phenoxy) is 1. The number of esters is 1. The van der Waals surface area contributed by atoms with Gasteiger partial charge in [0.25, 0.3) is 0 Å². The number of carbonyl (C=O) groups excluding carboxylic acids is 3. The molecule has 2 aromatic rings. The monoisotopic (exact) mass is 422 g/mol. The molecule has 2 N–H and O–H groups in total. The molecule has 1 saturated carbocycles. The molecule has 2 amide bonds. The summed E-state index contributed by atoms with van der Waals surface area (Å²) < 4.78 is 5.02. The molecule has 1 heterocycles. The van der Waals surface area contributed by atoms with Crippen LogP contribution in [0.1, 0.15) is 37.7 Å². The predicted molar refractivity (Wildman–Crippen MR) is 118 cm³/mol. The van der Waals surface area contributed by atoms with E-state index >= 15 is 0 Å². The summed E-state index contributed by atoms with van der Waals surface area (Å²) in [7, 11) is 1.37. The number of fused-ring (bicyclic) bond motifs is 2. The van der Waals surface area contributed by atoms with Gasteiger partial charge in [0, 0.05) is 19.0 Å². The lowest BCUT2D eigenvalue weighted by Gasteiger charge is -2.40. The Kier molecular flexibility index (Phi) is 6.54. The molecule has 31 heavy (non-hydrogen) atoms. The van der Waals surface area contributed by atoms with Gasteiger partial charge in [-0.25, -0.2) is 0 Å². The quantitative estimate of drug-likeness (QED) is 0.701. The number of amides is 2. The molecule has 1 aliphatic heterocycles. The molecule has 4 atom stereocenters. The van der Waals surface area contributed by atoms with E-state index in [-0.39, 0.29) is 48.6 Å². The van der Waals surface area contributed by atoms with Crippen molar-refractivity contribution in [2.45, 2.75) is 44.6 Å². The summed E-state index contributed by atoms with van der Waals surface area (Å²) >= 11 is 0. The second-order valence-electron chi connectivity index (χ2n) is 8.74. The number of methoxy groups -OCH3 is 1. The molecule has 164 valence electrons. The van der Waals surface area contributed by atoms with Gasteiger partial charge in [-0.1, -0.05) is 55.3 Å². The highest BCUT2D eigenvalue weighted by Crippen LogP contribution is 2.35. The Morgan fingerprint density at radius 2 is 1.90 bits per heavy atom. The standard InChI is InChI=1S/C25H30N2O4/c1-31-25(30)18(13-17-9-6-8-16-7-2-3-10-19(16)17)15-26-24(29)21-14-23(28)27-22-12-5-4-11-20(21)22/h2-3,6-10,18,20-22H,4-5,11-15H2,1H3,(H,26,29)(H,27,28). The predicted octanol–water partition coefficient (Wildman–Crippen LogP) is 2.98. The zero-order valence-corrected chi connectivity index (χ0v) is 17.9. The molecule has 4 rings (SSSR count). The second-order valence-corrected chi connectivity index (χ2v) is 8.74. The highest BCUT2D eigenvalue weighted by atomic mass is 16.5. The first-order valence-electron chi connectivity index (χ1n) is 11.2.